The van der Waals surface area contributed by atoms with E-state index >= 15 is 0 Å². The number of aryl methyl sites for hydroxylation is 2. The second-order valence-electron chi connectivity index (χ2n) is 5.88. The van der Waals surface area contributed by atoms with Crippen molar-refractivity contribution in [2.45, 2.75) is 78.2 Å². The maximum absolute atomic E-state index is 6.33. The molecule has 0 radical (unpaired) electrons. The molecule has 1 aromatic rings. The second kappa shape index (κ2) is 9.14. The smallest absolute Gasteiger partial charge is 0.0297 e. The van der Waals surface area contributed by atoms with Crippen LogP contribution in [-0.4, -0.2) is 0 Å². The summed E-state index contributed by atoms with van der Waals surface area (Å²) >= 11 is 0. The molecule has 0 fully saturated rings. The number of benzene rings is 1. The van der Waals surface area contributed by atoms with Crippen LogP contribution in [0.5, 0.6) is 0 Å². The summed E-state index contributed by atoms with van der Waals surface area (Å²) in [6.07, 6.45) is 10.6. The lowest BCUT2D eigenvalue weighted by Gasteiger charge is -2.15. The van der Waals surface area contributed by atoms with Gasteiger partial charge in [0.25, 0.3) is 0 Å². The molecule has 19 heavy (non-hydrogen) atoms. The van der Waals surface area contributed by atoms with Crippen LogP contribution in [0.4, 0.5) is 0 Å². The molecule has 1 unspecified atom stereocenters. The molecule has 1 nitrogen and oxygen atoms in total. The maximum atomic E-state index is 6.33. The van der Waals surface area contributed by atoms with Gasteiger partial charge >= 0.3 is 0 Å². The van der Waals surface area contributed by atoms with E-state index in [4.69, 9.17) is 5.73 Å². The lowest BCUT2D eigenvalue weighted by molar-refractivity contribution is 0.540. The van der Waals surface area contributed by atoms with Crippen molar-refractivity contribution in [3.8, 4) is 0 Å². The predicted octanol–water partition coefficient (Wildman–Crippen LogP) is 5.44. The van der Waals surface area contributed by atoms with Crippen LogP contribution in [0.25, 0.3) is 0 Å². The normalized spacial score (nSPS) is 12.6. The van der Waals surface area contributed by atoms with E-state index in [-0.39, 0.29) is 6.04 Å². The van der Waals surface area contributed by atoms with Crippen LogP contribution in [0, 0.1) is 13.8 Å². The molecule has 0 saturated carbocycles. The molecule has 1 rings (SSSR count). The summed E-state index contributed by atoms with van der Waals surface area (Å²) in [5.41, 5.74) is 10.3. The van der Waals surface area contributed by atoms with Crippen molar-refractivity contribution in [1.82, 2.24) is 0 Å². The van der Waals surface area contributed by atoms with Gasteiger partial charge in [-0.2, -0.15) is 0 Å². The molecule has 2 N–H and O–H groups in total. The molecular weight excluding hydrogens is 230 g/mol. The van der Waals surface area contributed by atoms with Crippen molar-refractivity contribution >= 4 is 0 Å². The summed E-state index contributed by atoms with van der Waals surface area (Å²) in [7, 11) is 0. The summed E-state index contributed by atoms with van der Waals surface area (Å²) in [6, 6.07) is 6.83. The third-order valence-electron chi connectivity index (χ3n) is 3.95. The van der Waals surface area contributed by atoms with Crippen molar-refractivity contribution < 1.29 is 0 Å². The van der Waals surface area contributed by atoms with E-state index in [9.17, 15) is 0 Å². The molecule has 1 aromatic carbocycles. The Kier molecular flexibility index (Phi) is 7.81. The van der Waals surface area contributed by atoms with Crippen LogP contribution in [-0.2, 0) is 0 Å². The van der Waals surface area contributed by atoms with E-state index in [1.807, 2.05) is 0 Å². The number of nitrogens with two attached hydrogens (primary N) is 1. The summed E-state index contributed by atoms with van der Waals surface area (Å²) in [5, 5.41) is 0. The molecule has 0 spiro atoms. The van der Waals surface area contributed by atoms with Crippen molar-refractivity contribution in [3.05, 3.63) is 34.9 Å². The summed E-state index contributed by atoms with van der Waals surface area (Å²) in [6.45, 7) is 6.58. The van der Waals surface area contributed by atoms with Crippen molar-refractivity contribution in [3.63, 3.8) is 0 Å². The van der Waals surface area contributed by atoms with Crippen LogP contribution in [0.3, 0.4) is 0 Å². The monoisotopic (exact) mass is 261 g/mol. The van der Waals surface area contributed by atoms with Crippen molar-refractivity contribution in [1.29, 1.82) is 0 Å². The quantitative estimate of drug-likeness (QED) is 0.588. The Labute approximate surface area is 119 Å². The van der Waals surface area contributed by atoms with Crippen LogP contribution in [0.2, 0.25) is 0 Å². The van der Waals surface area contributed by atoms with E-state index in [1.165, 1.54) is 61.6 Å². The van der Waals surface area contributed by atoms with Gasteiger partial charge in [0.2, 0.25) is 0 Å². The third kappa shape index (κ3) is 6.24. The Morgan fingerprint density at radius 2 is 1.58 bits per heavy atom. The Balaban J connectivity index is 2.23. The minimum Gasteiger partial charge on any atom is -0.324 e. The van der Waals surface area contributed by atoms with Gasteiger partial charge in [-0.1, -0.05) is 75.6 Å². The largest absolute Gasteiger partial charge is 0.324 e. The van der Waals surface area contributed by atoms with Gasteiger partial charge < -0.3 is 5.73 Å². The highest BCUT2D eigenvalue weighted by atomic mass is 14.6. The first-order valence-electron chi connectivity index (χ1n) is 7.98. The van der Waals surface area contributed by atoms with E-state index in [2.05, 4.69) is 39.0 Å². The Morgan fingerprint density at radius 1 is 0.947 bits per heavy atom. The fourth-order valence-corrected chi connectivity index (χ4v) is 2.64. The number of rotatable bonds is 9. The van der Waals surface area contributed by atoms with Crippen LogP contribution in [0.15, 0.2) is 18.2 Å². The topological polar surface area (TPSA) is 26.0 Å². The fourth-order valence-electron chi connectivity index (χ4n) is 2.64. The molecule has 0 bridgehead atoms. The Hall–Kier alpha value is -0.820. The van der Waals surface area contributed by atoms with Gasteiger partial charge in [-0.15, -0.1) is 0 Å². The SMILES string of the molecule is CCCCCCCCCC(N)c1cc(C)ccc1C. The maximum Gasteiger partial charge on any atom is 0.0297 e. The molecular formula is C18H31N. The molecule has 0 saturated heterocycles. The van der Waals surface area contributed by atoms with Gasteiger partial charge in [0.1, 0.15) is 0 Å². The van der Waals surface area contributed by atoms with E-state index in [0.29, 0.717) is 0 Å². The summed E-state index contributed by atoms with van der Waals surface area (Å²) in [4.78, 5) is 0. The lowest BCUT2D eigenvalue weighted by atomic mass is 9.95. The molecule has 0 aliphatic rings. The van der Waals surface area contributed by atoms with E-state index in [1.54, 1.807) is 0 Å². The van der Waals surface area contributed by atoms with Crippen molar-refractivity contribution in [2.24, 2.45) is 5.73 Å². The predicted molar refractivity (Wildman–Crippen MR) is 85.5 cm³/mol. The highest BCUT2D eigenvalue weighted by Gasteiger charge is 2.08. The zero-order valence-electron chi connectivity index (χ0n) is 13.0. The van der Waals surface area contributed by atoms with Gasteiger partial charge in [-0.25, -0.2) is 0 Å². The molecule has 0 amide bonds. The van der Waals surface area contributed by atoms with Crippen LogP contribution >= 0.6 is 0 Å². The van der Waals surface area contributed by atoms with Crippen LogP contribution in [0.1, 0.15) is 81.0 Å². The molecule has 1 atom stereocenters. The summed E-state index contributed by atoms with van der Waals surface area (Å²) in [5.74, 6) is 0. The van der Waals surface area contributed by atoms with Crippen LogP contribution < -0.4 is 5.73 Å². The van der Waals surface area contributed by atoms with Crippen molar-refractivity contribution in [2.75, 3.05) is 0 Å². The Bertz CT molecular complexity index is 357. The molecule has 1 heteroatoms. The average Bonchev–Trinajstić information content (AvgIpc) is 2.40. The highest BCUT2D eigenvalue weighted by Crippen LogP contribution is 2.22. The van der Waals surface area contributed by atoms with Gasteiger partial charge in [0, 0.05) is 6.04 Å². The van der Waals surface area contributed by atoms with E-state index in [0.717, 1.165) is 6.42 Å². The van der Waals surface area contributed by atoms with Gasteiger partial charge in [0.15, 0.2) is 0 Å². The number of hydrogen-bond acceptors (Lipinski definition) is 1. The third-order valence-corrected chi connectivity index (χ3v) is 3.95. The first kappa shape index (κ1) is 16.2. The number of unbranched alkanes of at least 4 members (excludes halogenated alkanes) is 6. The van der Waals surface area contributed by atoms with Gasteiger partial charge in [0.05, 0.1) is 0 Å². The standard InChI is InChI=1S/C18H31N/c1-4-5-6-7-8-9-10-11-18(19)17-14-15(2)12-13-16(17)3/h12-14,18H,4-11,19H2,1-3H3. The fraction of sp³-hybridized carbons (Fsp3) is 0.667. The number of hydrogen-bond donors (Lipinski definition) is 1. The molecule has 0 aliphatic carbocycles. The summed E-state index contributed by atoms with van der Waals surface area (Å²) < 4.78 is 0. The molecule has 0 aromatic heterocycles. The zero-order valence-corrected chi connectivity index (χ0v) is 13.0. The van der Waals surface area contributed by atoms with Gasteiger partial charge in [-0.05, 0) is 31.4 Å². The lowest BCUT2D eigenvalue weighted by Crippen LogP contribution is -2.11. The molecule has 0 aliphatic heterocycles. The molecule has 108 valence electrons. The Morgan fingerprint density at radius 3 is 2.26 bits per heavy atom. The van der Waals surface area contributed by atoms with E-state index < -0.39 is 0 Å². The zero-order chi connectivity index (χ0) is 14.1. The molecule has 0 heterocycles. The average molecular weight is 261 g/mol. The first-order chi connectivity index (χ1) is 9.15. The highest BCUT2D eigenvalue weighted by molar-refractivity contribution is 5.32. The minimum absolute atomic E-state index is 0.218. The second-order valence-corrected chi connectivity index (χ2v) is 5.88. The minimum atomic E-state index is 0.218. The van der Waals surface area contributed by atoms with Gasteiger partial charge in [-0.3, -0.25) is 0 Å². The first-order valence-corrected chi connectivity index (χ1v) is 7.98.